The molecule has 110 valence electrons. The predicted octanol–water partition coefficient (Wildman–Crippen LogP) is 2.60. The van der Waals surface area contributed by atoms with Gasteiger partial charge in [0.05, 0.1) is 0 Å². The lowest BCUT2D eigenvalue weighted by atomic mass is 9.84. The second-order valence-corrected chi connectivity index (χ2v) is 6.20. The van der Waals surface area contributed by atoms with E-state index in [9.17, 15) is 4.79 Å². The van der Waals surface area contributed by atoms with Gasteiger partial charge in [-0.05, 0) is 32.2 Å². The third-order valence-electron chi connectivity index (χ3n) is 4.67. The van der Waals surface area contributed by atoms with Crippen molar-refractivity contribution in [3.05, 3.63) is 0 Å². The fourth-order valence-corrected chi connectivity index (χ4v) is 3.37. The summed E-state index contributed by atoms with van der Waals surface area (Å²) in [4.78, 5) is 14.6. The number of nitrogens with one attached hydrogen (secondary N) is 1. The average molecular weight is 266 g/mol. The molecule has 3 nitrogen and oxygen atoms in total. The summed E-state index contributed by atoms with van der Waals surface area (Å²) in [6.07, 6.45) is 10.7. The highest BCUT2D eigenvalue weighted by Gasteiger charge is 2.20. The van der Waals surface area contributed by atoms with Crippen LogP contribution in [-0.2, 0) is 4.79 Å². The zero-order chi connectivity index (χ0) is 13.3. The summed E-state index contributed by atoms with van der Waals surface area (Å²) in [6, 6.07) is 0. The molecule has 2 fully saturated rings. The molecule has 2 rings (SSSR count). The number of Topliss-reactive ketones (excluding diaryl/α,β-unsaturated/α-hetero) is 1. The number of carbonyl (C=O) groups is 1. The number of unbranched alkanes of at least 4 members (excludes halogenated alkanes) is 2. The van der Waals surface area contributed by atoms with E-state index in [1.807, 2.05) is 0 Å². The minimum atomic E-state index is 0.418. The lowest BCUT2D eigenvalue weighted by molar-refractivity contribution is -0.123. The first-order valence-electron chi connectivity index (χ1n) is 8.32. The summed E-state index contributed by atoms with van der Waals surface area (Å²) >= 11 is 0. The van der Waals surface area contributed by atoms with Gasteiger partial charge in [0.15, 0.2) is 0 Å². The molecule has 1 saturated carbocycles. The topological polar surface area (TPSA) is 32.3 Å². The molecule has 1 aliphatic heterocycles. The first kappa shape index (κ1) is 15.0. The van der Waals surface area contributed by atoms with Gasteiger partial charge < -0.3 is 10.2 Å². The number of piperazine rings is 1. The van der Waals surface area contributed by atoms with E-state index in [0.29, 0.717) is 11.7 Å². The summed E-state index contributed by atoms with van der Waals surface area (Å²) < 4.78 is 0. The van der Waals surface area contributed by atoms with Crippen LogP contribution < -0.4 is 5.32 Å². The van der Waals surface area contributed by atoms with Gasteiger partial charge in [-0.15, -0.1) is 0 Å². The third-order valence-corrected chi connectivity index (χ3v) is 4.67. The third kappa shape index (κ3) is 5.62. The van der Waals surface area contributed by atoms with E-state index >= 15 is 0 Å². The molecule has 2 aliphatic rings. The second kappa shape index (κ2) is 8.70. The van der Waals surface area contributed by atoms with Gasteiger partial charge in [-0.25, -0.2) is 0 Å². The van der Waals surface area contributed by atoms with Gasteiger partial charge in [0.2, 0.25) is 0 Å². The highest BCUT2D eigenvalue weighted by atomic mass is 16.1. The van der Waals surface area contributed by atoms with Crippen molar-refractivity contribution in [1.82, 2.24) is 10.2 Å². The number of carbonyl (C=O) groups excluding carboxylic acids is 1. The molecule has 0 aromatic rings. The lowest BCUT2D eigenvalue weighted by Crippen LogP contribution is -2.43. The molecule has 0 radical (unpaired) electrons. The van der Waals surface area contributed by atoms with Gasteiger partial charge >= 0.3 is 0 Å². The van der Waals surface area contributed by atoms with Crippen molar-refractivity contribution in [2.45, 2.75) is 57.8 Å². The highest BCUT2D eigenvalue weighted by molar-refractivity contribution is 5.80. The monoisotopic (exact) mass is 266 g/mol. The van der Waals surface area contributed by atoms with Crippen molar-refractivity contribution < 1.29 is 4.79 Å². The Bertz CT molecular complexity index is 255. The Morgan fingerprint density at radius 1 is 1.00 bits per heavy atom. The average Bonchev–Trinajstić information content (AvgIpc) is 2.49. The van der Waals surface area contributed by atoms with Crippen LogP contribution in [0.25, 0.3) is 0 Å². The Balaban J connectivity index is 1.47. The molecule has 1 saturated heterocycles. The van der Waals surface area contributed by atoms with Crippen LogP contribution in [-0.4, -0.2) is 43.4 Å². The predicted molar refractivity (Wildman–Crippen MR) is 79.4 cm³/mol. The maximum Gasteiger partial charge on any atom is 0.135 e. The van der Waals surface area contributed by atoms with E-state index in [1.165, 1.54) is 64.6 Å². The molecule has 0 unspecified atom stereocenters. The Morgan fingerprint density at radius 2 is 1.74 bits per heavy atom. The molecule has 19 heavy (non-hydrogen) atoms. The van der Waals surface area contributed by atoms with Gasteiger partial charge in [0, 0.05) is 38.5 Å². The first-order valence-corrected chi connectivity index (χ1v) is 8.32. The summed E-state index contributed by atoms with van der Waals surface area (Å²) in [6.45, 7) is 5.89. The fourth-order valence-electron chi connectivity index (χ4n) is 3.37. The lowest BCUT2D eigenvalue weighted by Gasteiger charge is -2.27. The van der Waals surface area contributed by atoms with Crippen LogP contribution in [0.15, 0.2) is 0 Å². The maximum absolute atomic E-state index is 12.0. The quantitative estimate of drug-likeness (QED) is 0.719. The van der Waals surface area contributed by atoms with Gasteiger partial charge in [-0.1, -0.05) is 25.7 Å². The SMILES string of the molecule is O=C(CCCCCN1CCNCC1)C1CCCCC1. The van der Waals surface area contributed by atoms with Crippen LogP contribution in [0, 0.1) is 5.92 Å². The zero-order valence-corrected chi connectivity index (χ0v) is 12.3. The molecule has 1 aliphatic carbocycles. The van der Waals surface area contributed by atoms with Crippen molar-refractivity contribution in [3.8, 4) is 0 Å². The van der Waals surface area contributed by atoms with Crippen LogP contribution in [0.5, 0.6) is 0 Å². The molecular formula is C16H30N2O. The molecule has 0 amide bonds. The number of ketones is 1. The van der Waals surface area contributed by atoms with Crippen molar-refractivity contribution in [2.24, 2.45) is 5.92 Å². The zero-order valence-electron chi connectivity index (χ0n) is 12.3. The van der Waals surface area contributed by atoms with Crippen molar-refractivity contribution in [1.29, 1.82) is 0 Å². The number of hydrogen-bond acceptors (Lipinski definition) is 3. The largest absolute Gasteiger partial charge is 0.314 e. The number of hydrogen-bond donors (Lipinski definition) is 1. The summed E-state index contributed by atoms with van der Waals surface area (Å²) in [5.74, 6) is 0.976. The van der Waals surface area contributed by atoms with Crippen LogP contribution in [0.4, 0.5) is 0 Å². The van der Waals surface area contributed by atoms with Crippen molar-refractivity contribution in [3.63, 3.8) is 0 Å². The van der Waals surface area contributed by atoms with E-state index in [1.54, 1.807) is 0 Å². The maximum atomic E-state index is 12.0. The summed E-state index contributed by atoms with van der Waals surface area (Å²) in [5.41, 5.74) is 0. The summed E-state index contributed by atoms with van der Waals surface area (Å²) in [7, 11) is 0. The van der Waals surface area contributed by atoms with E-state index in [0.717, 1.165) is 25.9 Å². The number of nitrogens with zero attached hydrogens (tertiary/aromatic N) is 1. The van der Waals surface area contributed by atoms with Gasteiger partial charge in [0.1, 0.15) is 5.78 Å². The van der Waals surface area contributed by atoms with Crippen molar-refractivity contribution >= 4 is 5.78 Å². The molecule has 0 bridgehead atoms. The van der Waals surface area contributed by atoms with E-state index in [2.05, 4.69) is 10.2 Å². The van der Waals surface area contributed by atoms with E-state index in [4.69, 9.17) is 0 Å². The van der Waals surface area contributed by atoms with Crippen LogP contribution >= 0.6 is 0 Å². The van der Waals surface area contributed by atoms with Crippen LogP contribution in [0.3, 0.4) is 0 Å². The Hall–Kier alpha value is -0.410. The fraction of sp³-hybridized carbons (Fsp3) is 0.938. The standard InChI is InChI=1S/C16H30N2O/c19-16(15-7-3-1-4-8-15)9-5-2-6-12-18-13-10-17-11-14-18/h15,17H,1-14H2. The van der Waals surface area contributed by atoms with Gasteiger partial charge in [-0.2, -0.15) is 0 Å². The highest BCUT2D eigenvalue weighted by Crippen LogP contribution is 2.25. The van der Waals surface area contributed by atoms with Crippen LogP contribution in [0.2, 0.25) is 0 Å². The second-order valence-electron chi connectivity index (χ2n) is 6.20. The first-order chi connectivity index (χ1) is 9.36. The minimum absolute atomic E-state index is 0.418. The van der Waals surface area contributed by atoms with E-state index in [-0.39, 0.29) is 0 Å². The van der Waals surface area contributed by atoms with Gasteiger partial charge in [-0.3, -0.25) is 4.79 Å². The molecule has 1 N–H and O–H groups in total. The molecule has 0 aromatic heterocycles. The van der Waals surface area contributed by atoms with Crippen LogP contribution in [0.1, 0.15) is 57.8 Å². The Labute approximate surface area is 118 Å². The minimum Gasteiger partial charge on any atom is -0.314 e. The molecular weight excluding hydrogens is 236 g/mol. The van der Waals surface area contributed by atoms with Gasteiger partial charge in [0.25, 0.3) is 0 Å². The molecule has 1 heterocycles. The Kier molecular flexibility index (Phi) is 6.86. The van der Waals surface area contributed by atoms with Crippen molar-refractivity contribution in [2.75, 3.05) is 32.7 Å². The molecule has 0 spiro atoms. The normalized spacial score (nSPS) is 22.5. The molecule has 3 heteroatoms. The van der Waals surface area contributed by atoms with E-state index < -0.39 is 0 Å². The summed E-state index contributed by atoms with van der Waals surface area (Å²) in [5, 5.41) is 3.38. The molecule has 0 atom stereocenters. The smallest absolute Gasteiger partial charge is 0.135 e. The Morgan fingerprint density at radius 3 is 2.47 bits per heavy atom. The number of rotatable bonds is 7. The molecule has 0 aromatic carbocycles.